The van der Waals surface area contributed by atoms with E-state index in [1.807, 2.05) is 6.07 Å². The summed E-state index contributed by atoms with van der Waals surface area (Å²) in [4.78, 5) is 3.95. The molecule has 0 radical (unpaired) electrons. The Morgan fingerprint density at radius 2 is 2.36 bits per heavy atom. The van der Waals surface area contributed by atoms with E-state index in [1.165, 1.54) is 0 Å². The molecule has 2 unspecified atom stereocenters. The zero-order chi connectivity index (χ0) is 10.2. The van der Waals surface area contributed by atoms with E-state index in [-0.39, 0.29) is 5.25 Å². The monoisotopic (exact) mass is 230 g/mol. The van der Waals surface area contributed by atoms with Crippen LogP contribution >= 0.6 is 11.6 Å². The van der Waals surface area contributed by atoms with Crippen molar-refractivity contribution >= 4 is 21.3 Å². The van der Waals surface area contributed by atoms with Crippen LogP contribution in [0, 0.1) is 4.78 Å². The molecule has 76 valence electrons. The fourth-order valence-corrected chi connectivity index (χ4v) is 3.90. The summed E-state index contributed by atoms with van der Waals surface area (Å²) in [6, 6.07) is 3.50. The zero-order valence-corrected chi connectivity index (χ0v) is 9.14. The van der Waals surface area contributed by atoms with Gasteiger partial charge in [-0.2, -0.15) is 0 Å². The van der Waals surface area contributed by atoms with Gasteiger partial charge in [-0.15, -0.1) is 0 Å². The van der Waals surface area contributed by atoms with Crippen molar-refractivity contribution in [1.82, 2.24) is 4.98 Å². The van der Waals surface area contributed by atoms with E-state index < -0.39 is 9.73 Å². The third-order valence-electron chi connectivity index (χ3n) is 2.50. The number of nitrogens with zero attached hydrogens (tertiary/aromatic N) is 1. The maximum absolute atomic E-state index is 11.8. The number of rotatable bonds is 1. The summed E-state index contributed by atoms with van der Waals surface area (Å²) in [5, 5.41) is 0.287. The summed E-state index contributed by atoms with van der Waals surface area (Å²) < 4.78 is 19.5. The highest BCUT2D eigenvalue weighted by molar-refractivity contribution is 7.92. The van der Waals surface area contributed by atoms with E-state index in [4.69, 9.17) is 16.4 Å². The predicted molar refractivity (Wildman–Crippen MR) is 57.0 cm³/mol. The van der Waals surface area contributed by atoms with Gasteiger partial charge in [-0.25, -0.2) is 9.19 Å². The smallest absolute Gasteiger partial charge is 0.129 e. The third-order valence-corrected chi connectivity index (χ3v) is 5.04. The maximum atomic E-state index is 11.8. The van der Waals surface area contributed by atoms with Crippen molar-refractivity contribution in [2.24, 2.45) is 0 Å². The molecule has 0 amide bonds. The van der Waals surface area contributed by atoms with Gasteiger partial charge in [-0.1, -0.05) is 17.7 Å². The Bertz CT molecular complexity index is 427. The predicted octanol–water partition coefficient (Wildman–Crippen LogP) is 2.62. The Labute approximate surface area is 88.5 Å². The van der Waals surface area contributed by atoms with E-state index in [9.17, 15) is 4.21 Å². The van der Waals surface area contributed by atoms with Crippen LogP contribution in [-0.2, 0) is 9.73 Å². The van der Waals surface area contributed by atoms with Crippen molar-refractivity contribution in [3.8, 4) is 0 Å². The van der Waals surface area contributed by atoms with Gasteiger partial charge >= 0.3 is 0 Å². The lowest BCUT2D eigenvalue weighted by molar-refractivity contribution is 0.670. The molecule has 1 aliphatic heterocycles. The minimum absolute atomic E-state index is 0.146. The molecule has 2 rings (SSSR count). The number of pyridine rings is 1. The molecule has 2 atom stereocenters. The van der Waals surface area contributed by atoms with Crippen LogP contribution in [-0.4, -0.2) is 14.9 Å². The number of hydrogen-bond donors (Lipinski definition) is 1. The molecule has 1 aromatic heterocycles. The summed E-state index contributed by atoms with van der Waals surface area (Å²) in [6.07, 6.45) is 3.33. The molecule has 5 heteroatoms. The molecule has 1 aliphatic rings. The van der Waals surface area contributed by atoms with Crippen molar-refractivity contribution < 1.29 is 4.21 Å². The molecule has 1 N–H and O–H groups in total. The van der Waals surface area contributed by atoms with Gasteiger partial charge < -0.3 is 0 Å². The molecular weight excluding hydrogens is 220 g/mol. The second-order valence-corrected chi connectivity index (χ2v) is 6.29. The van der Waals surface area contributed by atoms with Gasteiger partial charge in [0.1, 0.15) is 5.15 Å². The molecule has 1 aromatic rings. The SMILES string of the molecule is N=S1(=O)CCCC1c1ccc(Cl)nc1. The third kappa shape index (κ3) is 1.77. The number of hydrogen-bond acceptors (Lipinski definition) is 3. The summed E-state index contributed by atoms with van der Waals surface area (Å²) in [5.74, 6) is 0.514. The zero-order valence-electron chi connectivity index (χ0n) is 7.57. The molecule has 14 heavy (non-hydrogen) atoms. The second kappa shape index (κ2) is 3.51. The fraction of sp³-hybridized carbons (Fsp3) is 0.444. The van der Waals surface area contributed by atoms with Crippen molar-refractivity contribution in [3.05, 3.63) is 29.0 Å². The van der Waals surface area contributed by atoms with E-state index in [2.05, 4.69) is 4.98 Å². The van der Waals surface area contributed by atoms with Crippen molar-refractivity contribution in [2.45, 2.75) is 18.1 Å². The molecule has 0 aromatic carbocycles. The van der Waals surface area contributed by atoms with Crippen molar-refractivity contribution in [3.63, 3.8) is 0 Å². The lowest BCUT2D eigenvalue weighted by Crippen LogP contribution is -2.06. The van der Waals surface area contributed by atoms with Gasteiger partial charge in [-0.05, 0) is 24.5 Å². The normalized spacial score (nSPS) is 31.9. The molecule has 1 saturated heterocycles. The number of nitrogens with one attached hydrogen (secondary N) is 1. The van der Waals surface area contributed by atoms with Crippen LogP contribution in [0.1, 0.15) is 23.7 Å². The quantitative estimate of drug-likeness (QED) is 0.754. The van der Waals surface area contributed by atoms with Gasteiger partial charge in [0.15, 0.2) is 0 Å². The highest BCUT2D eigenvalue weighted by Crippen LogP contribution is 2.34. The van der Waals surface area contributed by atoms with Crippen molar-refractivity contribution in [2.75, 3.05) is 5.75 Å². The van der Waals surface area contributed by atoms with Gasteiger partial charge in [0, 0.05) is 11.9 Å². The average Bonchev–Trinajstić information content (AvgIpc) is 2.47. The van der Waals surface area contributed by atoms with Crippen LogP contribution in [0.5, 0.6) is 0 Å². The van der Waals surface area contributed by atoms with E-state index in [0.29, 0.717) is 10.9 Å². The first-order valence-corrected chi connectivity index (χ1v) is 6.63. The Morgan fingerprint density at radius 1 is 1.57 bits per heavy atom. The molecule has 0 saturated carbocycles. The molecule has 0 bridgehead atoms. The first-order chi connectivity index (χ1) is 6.59. The van der Waals surface area contributed by atoms with Gasteiger partial charge in [0.2, 0.25) is 0 Å². The van der Waals surface area contributed by atoms with Gasteiger partial charge in [0.25, 0.3) is 0 Å². The first kappa shape index (κ1) is 9.93. The lowest BCUT2D eigenvalue weighted by Gasteiger charge is -2.10. The summed E-state index contributed by atoms with van der Waals surface area (Å²) in [5.41, 5.74) is 0.881. The fourth-order valence-electron chi connectivity index (χ4n) is 1.78. The highest BCUT2D eigenvalue weighted by atomic mass is 35.5. The standard InChI is InChI=1S/C9H11ClN2OS/c10-9-4-3-7(6-12-9)8-2-1-5-14(8,11)13/h3-4,6,8,11H,1-2,5H2. The van der Waals surface area contributed by atoms with E-state index in [1.54, 1.807) is 12.3 Å². The molecule has 2 heterocycles. The molecule has 1 fully saturated rings. The topological polar surface area (TPSA) is 53.8 Å². The molecule has 0 aliphatic carbocycles. The largest absolute Gasteiger partial charge is 0.252 e. The molecule has 3 nitrogen and oxygen atoms in total. The van der Waals surface area contributed by atoms with Crippen LogP contribution in [0.25, 0.3) is 0 Å². The van der Waals surface area contributed by atoms with Crippen molar-refractivity contribution in [1.29, 1.82) is 4.78 Å². The molecule has 0 spiro atoms. The number of halogens is 1. The average molecular weight is 231 g/mol. The Balaban J connectivity index is 2.36. The van der Waals surface area contributed by atoms with Crippen LogP contribution < -0.4 is 0 Å². The first-order valence-electron chi connectivity index (χ1n) is 4.46. The Morgan fingerprint density at radius 3 is 2.86 bits per heavy atom. The minimum Gasteiger partial charge on any atom is -0.252 e. The lowest BCUT2D eigenvalue weighted by atomic mass is 10.1. The van der Waals surface area contributed by atoms with E-state index >= 15 is 0 Å². The van der Waals surface area contributed by atoms with Crippen LogP contribution in [0.15, 0.2) is 18.3 Å². The summed E-state index contributed by atoms with van der Waals surface area (Å²) >= 11 is 5.66. The van der Waals surface area contributed by atoms with Gasteiger partial charge in [-0.3, -0.25) is 4.78 Å². The van der Waals surface area contributed by atoms with Gasteiger partial charge in [0.05, 0.1) is 15.0 Å². The Kier molecular flexibility index (Phi) is 2.49. The van der Waals surface area contributed by atoms with Crippen LogP contribution in [0.4, 0.5) is 0 Å². The minimum atomic E-state index is -2.44. The van der Waals surface area contributed by atoms with E-state index in [0.717, 1.165) is 18.4 Å². The summed E-state index contributed by atoms with van der Waals surface area (Å²) in [7, 11) is -2.44. The van der Waals surface area contributed by atoms with Crippen LogP contribution in [0.3, 0.4) is 0 Å². The van der Waals surface area contributed by atoms with Crippen LogP contribution in [0.2, 0.25) is 5.15 Å². The molecular formula is C9H11ClN2OS. The summed E-state index contributed by atoms with van der Waals surface area (Å²) in [6.45, 7) is 0. The Hall–Kier alpha value is -0.610. The second-order valence-electron chi connectivity index (χ2n) is 3.48. The maximum Gasteiger partial charge on any atom is 0.129 e. The highest BCUT2D eigenvalue weighted by Gasteiger charge is 2.29. The number of aromatic nitrogens is 1.